The van der Waals surface area contributed by atoms with E-state index >= 15 is 0 Å². The lowest BCUT2D eigenvalue weighted by Gasteiger charge is -1.98. The summed E-state index contributed by atoms with van der Waals surface area (Å²) in [6.45, 7) is 4.71. The number of nitrogens with zero attached hydrogens (tertiary/aromatic N) is 5. The van der Waals surface area contributed by atoms with E-state index in [1.54, 1.807) is 4.68 Å². The van der Waals surface area contributed by atoms with E-state index in [-0.39, 0.29) is 0 Å². The van der Waals surface area contributed by atoms with Crippen molar-refractivity contribution in [3.63, 3.8) is 0 Å². The van der Waals surface area contributed by atoms with E-state index in [2.05, 4.69) is 27.5 Å². The lowest BCUT2D eigenvalue weighted by Crippen LogP contribution is -2.13. The van der Waals surface area contributed by atoms with E-state index in [1.807, 2.05) is 30.3 Å². The highest BCUT2D eigenvalue weighted by atomic mass is 15.4. The highest BCUT2D eigenvalue weighted by molar-refractivity contribution is 5.00. The van der Waals surface area contributed by atoms with Crippen LogP contribution in [0.1, 0.15) is 24.7 Å². The van der Waals surface area contributed by atoms with Gasteiger partial charge in [-0.2, -0.15) is 0 Å². The van der Waals surface area contributed by atoms with Crippen LogP contribution >= 0.6 is 0 Å². The first-order valence-electron chi connectivity index (χ1n) is 5.84. The monoisotopic (exact) mass is 234 g/mol. The molecule has 2 heterocycles. The average Bonchev–Trinajstić information content (AvgIpc) is 2.90. The summed E-state index contributed by atoms with van der Waals surface area (Å²) in [4.78, 5) is 4.34. The summed E-state index contributed by atoms with van der Waals surface area (Å²) < 4.78 is 3.73. The van der Waals surface area contributed by atoms with Gasteiger partial charge in [-0.05, 0) is 13.0 Å². The Balaban J connectivity index is 1.89. The minimum atomic E-state index is 0.717. The van der Waals surface area contributed by atoms with Crippen molar-refractivity contribution in [2.45, 2.75) is 26.4 Å². The van der Waals surface area contributed by atoms with E-state index in [0.29, 0.717) is 6.54 Å². The van der Waals surface area contributed by atoms with Gasteiger partial charge in [-0.25, -0.2) is 4.98 Å². The van der Waals surface area contributed by atoms with Gasteiger partial charge in [0.25, 0.3) is 0 Å². The molecule has 0 saturated carbocycles. The lowest BCUT2D eigenvalue weighted by molar-refractivity contribution is 0.665. The van der Waals surface area contributed by atoms with Gasteiger partial charge in [0.05, 0.1) is 18.6 Å². The van der Waals surface area contributed by atoms with Crippen LogP contribution in [-0.4, -0.2) is 31.1 Å². The summed E-state index contributed by atoms with van der Waals surface area (Å²) in [7, 11) is 1.87. The second kappa shape index (κ2) is 5.58. The minimum Gasteiger partial charge on any atom is -0.331 e. The molecule has 0 aliphatic rings. The zero-order chi connectivity index (χ0) is 12.1. The summed E-state index contributed by atoms with van der Waals surface area (Å²) >= 11 is 0. The zero-order valence-corrected chi connectivity index (χ0v) is 10.3. The van der Waals surface area contributed by atoms with Gasteiger partial charge in [-0.3, -0.25) is 4.68 Å². The molecule has 0 aliphatic heterocycles. The third-order valence-electron chi connectivity index (χ3n) is 2.41. The molecule has 0 radical (unpaired) electrons. The predicted octanol–water partition coefficient (Wildman–Crippen LogP) is 0.559. The Labute approximate surface area is 101 Å². The predicted molar refractivity (Wildman–Crippen MR) is 64.3 cm³/mol. The Hall–Kier alpha value is -1.69. The molecule has 2 rings (SSSR count). The van der Waals surface area contributed by atoms with Crippen molar-refractivity contribution in [1.82, 2.24) is 29.9 Å². The van der Waals surface area contributed by atoms with Gasteiger partial charge in [0.1, 0.15) is 5.69 Å². The van der Waals surface area contributed by atoms with Crippen LogP contribution in [0.3, 0.4) is 0 Å². The Bertz CT molecular complexity index is 458. The van der Waals surface area contributed by atoms with Crippen LogP contribution in [-0.2, 0) is 20.1 Å². The molecule has 0 atom stereocenters. The van der Waals surface area contributed by atoms with Crippen LogP contribution in [0.4, 0.5) is 0 Å². The van der Waals surface area contributed by atoms with Crippen molar-refractivity contribution in [1.29, 1.82) is 0 Å². The molecule has 0 spiro atoms. The smallest absolute Gasteiger partial charge is 0.102 e. The maximum Gasteiger partial charge on any atom is 0.102 e. The minimum absolute atomic E-state index is 0.717. The molecule has 0 saturated heterocycles. The van der Waals surface area contributed by atoms with Crippen LogP contribution in [0.25, 0.3) is 0 Å². The van der Waals surface area contributed by atoms with Gasteiger partial charge in [-0.15, -0.1) is 5.10 Å². The SMILES string of the molecule is CCCNCc1cn(Cc2cn(C)nn2)cn1. The molecule has 6 nitrogen and oxygen atoms in total. The van der Waals surface area contributed by atoms with E-state index in [9.17, 15) is 0 Å². The molecule has 0 unspecified atom stereocenters. The highest BCUT2D eigenvalue weighted by Gasteiger charge is 2.02. The fraction of sp³-hybridized carbons (Fsp3) is 0.545. The lowest BCUT2D eigenvalue weighted by atomic mass is 10.4. The molecule has 2 aromatic rings. The van der Waals surface area contributed by atoms with Crippen LogP contribution in [0.15, 0.2) is 18.7 Å². The van der Waals surface area contributed by atoms with Gasteiger partial charge in [0, 0.05) is 26.0 Å². The van der Waals surface area contributed by atoms with Crippen molar-refractivity contribution in [3.05, 3.63) is 30.1 Å². The molecule has 6 heteroatoms. The van der Waals surface area contributed by atoms with Gasteiger partial charge in [0.15, 0.2) is 0 Å². The summed E-state index contributed by atoms with van der Waals surface area (Å²) in [6, 6.07) is 0. The second-order valence-electron chi connectivity index (χ2n) is 4.10. The standard InChI is InChI=1S/C11H18N6/c1-3-4-12-5-10-7-17(9-13-10)8-11-6-16(2)15-14-11/h6-7,9,12H,3-5,8H2,1-2H3. The quantitative estimate of drug-likeness (QED) is 0.742. The van der Waals surface area contributed by atoms with Gasteiger partial charge in [-0.1, -0.05) is 12.1 Å². The summed E-state index contributed by atoms with van der Waals surface area (Å²) in [5.41, 5.74) is 2.00. The molecule has 0 bridgehead atoms. The first-order valence-corrected chi connectivity index (χ1v) is 5.84. The van der Waals surface area contributed by atoms with Crippen LogP contribution < -0.4 is 5.32 Å². The van der Waals surface area contributed by atoms with Crippen molar-refractivity contribution < 1.29 is 0 Å². The van der Waals surface area contributed by atoms with Crippen molar-refractivity contribution in [3.8, 4) is 0 Å². The van der Waals surface area contributed by atoms with Crippen molar-refractivity contribution in [2.24, 2.45) is 7.05 Å². The Morgan fingerprint density at radius 3 is 2.88 bits per heavy atom. The molecule has 0 fully saturated rings. The first kappa shape index (κ1) is 11.8. The van der Waals surface area contributed by atoms with Gasteiger partial charge >= 0.3 is 0 Å². The Morgan fingerprint density at radius 1 is 1.29 bits per heavy atom. The molecule has 0 amide bonds. The summed E-state index contributed by atoms with van der Waals surface area (Å²) in [5, 5.41) is 11.3. The largest absolute Gasteiger partial charge is 0.331 e. The fourth-order valence-electron chi connectivity index (χ4n) is 1.63. The number of imidazole rings is 1. The fourth-order valence-corrected chi connectivity index (χ4v) is 1.63. The average molecular weight is 234 g/mol. The number of aromatic nitrogens is 5. The third kappa shape index (κ3) is 3.39. The van der Waals surface area contributed by atoms with E-state index in [4.69, 9.17) is 0 Å². The highest BCUT2D eigenvalue weighted by Crippen LogP contribution is 2.00. The number of hydrogen-bond donors (Lipinski definition) is 1. The Kier molecular flexibility index (Phi) is 3.87. The number of hydrogen-bond acceptors (Lipinski definition) is 4. The van der Waals surface area contributed by atoms with E-state index < -0.39 is 0 Å². The molecular formula is C11H18N6. The molecule has 2 aromatic heterocycles. The summed E-state index contributed by atoms with van der Waals surface area (Å²) in [5.74, 6) is 0. The molecular weight excluding hydrogens is 216 g/mol. The molecule has 92 valence electrons. The molecule has 0 aliphatic carbocycles. The maximum atomic E-state index is 4.34. The number of aryl methyl sites for hydroxylation is 1. The van der Waals surface area contributed by atoms with Crippen LogP contribution in [0, 0.1) is 0 Å². The number of nitrogens with one attached hydrogen (secondary N) is 1. The molecule has 0 aromatic carbocycles. The van der Waals surface area contributed by atoms with Gasteiger partial charge in [0.2, 0.25) is 0 Å². The maximum absolute atomic E-state index is 4.34. The van der Waals surface area contributed by atoms with Gasteiger partial charge < -0.3 is 9.88 Å². The number of rotatable bonds is 6. The van der Waals surface area contributed by atoms with E-state index in [1.165, 1.54) is 0 Å². The second-order valence-corrected chi connectivity index (χ2v) is 4.10. The van der Waals surface area contributed by atoms with E-state index in [0.717, 1.165) is 30.9 Å². The summed E-state index contributed by atoms with van der Waals surface area (Å²) in [6.07, 6.45) is 6.92. The van der Waals surface area contributed by atoms with Crippen molar-refractivity contribution >= 4 is 0 Å². The third-order valence-corrected chi connectivity index (χ3v) is 2.41. The first-order chi connectivity index (χ1) is 8.28. The van der Waals surface area contributed by atoms with Crippen molar-refractivity contribution in [2.75, 3.05) is 6.54 Å². The Morgan fingerprint density at radius 2 is 2.18 bits per heavy atom. The molecule has 1 N–H and O–H groups in total. The van der Waals surface area contributed by atoms with Crippen LogP contribution in [0.2, 0.25) is 0 Å². The normalized spacial score (nSPS) is 10.9. The zero-order valence-electron chi connectivity index (χ0n) is 10.3. The topological polar surface area (TPSA) is 60.6 Å². The molecule has 17 heavy (non-hydrogen) atoms. The van der Waals surface area contributed by atoms with Crippen LogP contribution in [0.5, 0.6) is 0 Å².